The second-order valence-corrected chi connectivity index (χ2v) is 4.52. The zero-order valence-corrected chi connectivity index (χ0v) is 10.9. The van der Waals surface area contributed by atoms with Gasteiger partial charge in [0.2, 0.25) is 0 Å². The van der Waals surface area contributed by atoms with Crippen LogP contribution in [-0.4, -0.2) is 14.8 Å². The molecule has 0 bridgehead atoms. The molecule has 0 saturated carbocycles. The molecular weight excluding hydrogens is 234 g/mol. The SMILES string of the molecule is CCCCc1nnc(C)n1-c1cccc(Cl)c1. The molecule has 90 valence electrons. The van der Waals surface area contributed by atoms with Crippen LogP contribution in [0.25, 0.3) is 5.69 Å². The van der Waals surface area contributed by atoms with Crippen LogP contribution in [0.5, 0.6) is 0 Å². The van der Waals surface area contributed by atoms with Gasteiger partial charge in [-0.15, -0.1) is 10.2 Å². The van der Waals surface area contributed by atoms with Gasteiger partial charge in [0.1, 0.15) is 11.6 Å². The summed E-state index contributed by atoms with van der Waals surface area (Å²) in [6.07, 6.45) is 3.23. The van der Waals surface area contributed by atoms with Crippen LogP contribution in [0.15, 0.2) is 24.3 Å². The van der Waals surface area contributed by atoms with Crippen LogP contribution >= 0.6 is 11.6 Å². The molecule has 0 N–H and O–H groups in total. The van der Waals surface area contributed by atoms with Gasteiger partial charge in [-0.3, -0.25) is 4.57 Å². The van der Waals surface area contributed by atoms with Gasteiger partial charge in [0, 0.05) is 11.4 Å². The van der Waals surface area contributed by atoms with Crippen LogP contribution in [0.4, 0.5) is 0 Å². The van der Waals surface area contributed by atoms with Gasteiger partial charge in [-0.1, -0.05) is 31.0 Å². The maximum absolute atomic E-state index is 6.02. The molecule has 0 radical (unpaired) electrons. The first-order chi connectivity index (χ1) is 8.22. The van der Waals surface area contributed by atoms with Crippen molar-refractivity contribution in [2.45, 2.75) is 33.1 Å². The lowest BCUT2D eigenvalue weighted by Crippen LogP contribution is -2.03. The highest BCUT2D eigenvalue weighted by Crippen LogP contribution is 2.18. The Hall–Kier alpha value is -1.35. The molecule has 1 aromatic carbocycles. The molecule has 0 aliphatic heterocycles. The van der Waals surface area contributed by atoms with Crippen LogP contribution in [0, 0.1) is 6.92 Å². The van der Waals surface area contributed by atoms with Crippen molar-refractivity contribution < 1.29 is 0 Å². The van der Waals surface area contributed by atoms with Gasteiger partial charge in [-0.25, -0.2) is 0 Å². The van der Waals surface area contributed by atoms with Crippen LogP contribution in [0.2, 0.25) is 5.02 Å². The second kappa shape index (κ2) is 5.32. The molecule has 0 unspecified atom stereocenters. The third-order valence-electron chi connectivity index (χ3n) is 2.71. The maximum atomic E-state index is 6.02. The van der Waals surface area contributed by atoms with Crippen molar-refractivity contribution in [3.8, 4) is 5.69 Å². The number of aryl methyl sites for hydroxylation is 2. The zero-order chi connectivity index (χ0) is 12.3. The second-order valence-electron chi connectivity index (χ2n) is 4.08. The Morgan fingerprint density at radius 3 is 2.82 bits per heavy atom. The van der Waals surface area contributed by atoms with Crippen molar-refractivity contribution >= 4 is 11.6 Å². The molecule has 0 aliphatic rings. The number of hydrogen-bond donors (Lipinski definition) is 0. The van der Waals surface area contributed by atoms with Crippen LogP contribution in [0.1, 0.15) is 31.4 Å². The Labute approximate surface area is 106 Å². The van der Waals surface area contributed by atoms with Gasteiger partial charge in [0.15, 0.2) is 0 Å². The average molecular weight is 250 g/mol. The third-order valence-corrected chi connectivity index (χ3v) is 2.95. The minimum Gasteiger partial charge on any atom is -0.283 e. The minimum atomic E-state index is 0.733. The molecule has 0 amide bonds. The minimum absolute atomic E-state index is 0.733. The number of aromatic nitrogens is 3. The van der Waals surface area contributed by atoms with Crippen molar-refractivity contribution in [3.05, 3.63) is 40.9 Å². The highest BCUT2D eigenvalue weighted by Gasteiger charge is 2.10. The van der Waals surface area contributed by atoms with Gasteiger partial charge in [0.05, 0.1) is 5.69 Å². The summed E-state index contributed by atoms with van der Waals surface area (Å²) in [4.78, 5) is 0. The zero-order valence-electron chi connectivity index (χ0n) is 10.2. The van der Waals surface area contributed by atoms with Crippen molar-refractivity contribution in [2.24, 2.45) is 0 Å². The van der Waals surface area contributed by atoms with E-state index in [-0.39, 0.29) is 0 Å². The number of nitrogens with zero attached hydrogens (tertiary/aromatic N) is 3. The first-order valence-electron chi connectivity index (χ1n) is 5.89. The lowest BCUT2D eigenvalue weighted by Gasteiger charge is -2.08. The molecule has 4 heteroatoms. The summed E-state index contributed by atoms with van der Waals surface area (Å²) in [5.41, 5.74) is 1.03. The summed E-state index contributed by atoms with van der Waals surface area (Å²) in [6.45, 7) is 4.14. The summed E-state index contributed by atoms with van der Waals surface area (Å²) in [6, 6.07) is 7.78. The lowest BCUT2D eigenvalue weighted by atomic mass is 10.2. The molecule has 1 aromatic heterocycles. The fourth-order valence-corrected chi connectivity index (χ4v) is 2.04. The fraction of sp³-hybridized carbons (Fsp3) is 0.385. The quantitative estimate of drug-likeness (QED) is 0.829. The molecule has 0 aliphatic carbocycles. The highest BCUT2D eigenvalue weighted by molar-refractivity contribution is 6.30. The van der Waals surface area contributed by atoms with Gasteiger partial charge in [-0.05, 0) is 31.5 Å². The predicted molar refractivity (Wildman–Crippen MR) is 69.7 cm³/mol. The van der Waals surface area contributed by atoms with Gasteiger partial charge in [0.25, 0.3) is 0 Å². The van der Waals surface area contributed by atoms with E-state index in [1.807, 2.05) is 31.2 Å². The third kappa shape index (κ3) is 2.67. The normalized spacial score (nSPS) is 10.8. The number of halogens is 1. The number of unbranched alkanes of at least 4 members (excludes halogenated alkanes) is 1. The Morgan fingerprint density at radius 1 is 1.29 bits per heavy atom. The summed E-state index contributed by atoms with van der Waals surface area (Å²) in [5, 5.41) is 9.11. The van der Waals surface area contributed by atoms with E-state index in [1.165, 1.54) is 0 Å². The van der Waals surface area contributed by atoms with Gasteiger partial charge in [-0.2, -0.15) is 0 Å². The Balaban J connectivity index is 2.39. The van der Waals surface area contributed by atoms with Gasteiger partial charge < -0.3 is 0 Å². The van der Waals surface area contributed by atoms with E-state index < -0.39 is 0 Å². The van der Waals surface area contributed by atoms with E-state index in [2.05, 4.69) is 21.7 Å². The largest absolute Gasteiger partial charge is 0.283 e. The summed E-state index contributed by atoms with van der Waals surface area (Å²) in [5.74, 6) is 1.91. The van der Waals surface area contributed by atoms with Gasteiger partial charge >= 0.3 is 0 Å². The predicted octanol–water partition coefficient (Wildman–Crippen LogP) is 3.57. The molecule has 1 heterocycles. The number of benzene rings is 1. The molecule has 2 aromatic rings. The highest BCUT2D eigenvalue weighted by atomic mass is 35.5. The van der Waals surface area contributed by atoms with E-state index in [4.69, 9.17) is 11.6 Å². The van der Waals surface area contributed by atoms with Crippen LogP contribution < -0.4 is 0 Å². The van der Waals surface area contributed by atoms with Crippen molar-refractivity contribution in [3.63, 3.8) is 0 Å². The standard InChI is InChI=1S/C13H16ClN3/c1-3-4-8-13-16-15-10(2)17(13)12-7-5-6-11(14)9-12/h5-7,9H,3-4,8H2,1-2H3. The Kier molecular flexibility index (Phi) is 3.79. The summed E-state index contributed by atoms with van der Waals surface area (Å²) >= 11 is 6.02. The molecule has 17 heavy (non-hydrogen) atoms. The first kappa shape index (κ1) is 12.1. The Bertz CT molecular complexity index is 505. The first-order valence-corrected chi connectivity index (χ1v) is 6.27. The lowest BCUT2D eigenvalue weighted by molar-refractivity contribution is 0.733. The Morgan fingerprint density at radius 2 is 2.12 bits per heavy atom. The molecule has 2 rings (SSSR count). The van der Waals surface area contributed by atoms with Crippen molar-refractivity contribution in [1.29, 1.82) is 0 Å². The smallest absolute Gasteiger partial charge is 0.137 e. The molecule has 0 saturated heterocycles. The average Bonchev–Trinajstić information content (AvgIpc) is 2.68. The van der Waals surface area contributed by atoms with Crippen molar-refractivity contribution in [1.82, 2.24) is 14.8 Å². The summed E-state index contributed by atoms with van der Waals surface area (Å²) < 4.78 is 2.07. The van der Waals surface area contributed by atoms with E-state index in [1.54, 1.807) is 0 Å². The maximum Gasteiger partial charge on any atom is 0.137 e. The molecule has 0 atom stereocenters. The fourth-order valence-electron chi connectivity index (χ4n) is 1.85. The molecule has 0 fully saturated rings. The van der Waals surface area contributed by atoms with E-state index >= 15 is 0 Å². The topological polar surface area (TPSA) is 30.7 Å². The van der Waals surface area contributed by atoms with Crippen LogP contribution in [0.3, 0.4) is 0 Å². The van der Waals surface area contributed by atoms with Crippen LogP contribution in [-0.2, 0) is 6.42 Å². The molecule has 3 nitrogen and oxygen atoms in total. The van der Waals surface area contributed by atoms with E-state index in [9.17, 15) is 0 Å². The molecule has 0 spiro atoms. The van der Waals surface area contributed by atoms with E-state index in [0.29, 0.717) is 0 Å². The van der Waals surface area contributed by atoms with Crippen molar-refractivity contribution in [2.75, 3.05) is 0 Å². The number of hydrogen-bond acceptors (Lipinski definition) is 2. The number of rotatable bonds is 4. The molecular formula is C13H16ClN3. The monoisotopic (exact) mass is 249 g/mol. The van der Waals surface area contributed by atoms with E-state index in [0.717, 1.165) is 41.6 Å². The summed E-state index contributed by atoms with van der Waals surface area (Å²) in [7, 11) is 0.